The molecule has 1 heteroatoms. The van der Waals surface area contributed by atoms with Crippen molar-refractivity contribution in [2.24, 2.45) is 0 Å². The maximum atomic E-state index is 8.08. The highest BCUT2D eigenvalue weighted by Gasteiger charge is 1.75. The van der Waals surface area contributed by atoms with Crippen LogP contribution in [0.25, 0.3) is 0 Å². The molecule has 0 aromatic heterocycles. The molecule has 0 aliphatic heterocycles. The molecule has 0 aromatic carbocycles. The Balaban J connectivity index is 3.07. The van der Waals surface area contributed by atoms with E-state index in [4.69, 9.17) is 5.11 Å². The van der Waals surface area contributed by atoms with Crippen LogP contribution < -0.4 is 0 Å². The van der Waals surface area contributed by atoms with Gasteiger partial charge in [0.25, 0.3) is 0 Å². The van der Waals surface area contributed by atoms with E-state index in [1.165, 1.54) is 6.42 Å². The Hall–Kier alpha value is -0.900. The molecule has 1 N–H and O–H groups in total. The maximum Gasteiger partial charge on any atom is 0.107 e. The van der Waals surface area contributed by atoms with Gasteiger partial charge in [0.1, 0.15) is 6.11 Å². The van der Waals surface area contributed by atoms with Gasteiger partial charge in [0.15, 0.2) is 0 Å². The number of aliphatic hydroxyl groups is 1. The number of hydrogen-bond donors (Lipinski definition) is 1. The van der Waals surface area contributed by atoms with Crippen molar-refractivity contribution in [1.29, 1.82) is 0 Å². The average Bonchev–Trinajstić information content (AvgIpc) is 1.97. The topological polar surface area (TPSA) is 20.2 Å². The first-order chi connectivity index (χ1) is 4.91. The predicted molar refractivity (Wildman–Crippen MR) is 43.0 cm³/mol. The van der Waals surface area contributed by atoms with E-state index in [0.29, 0.717) is 0 Å². The van der Waals surface area contributed by atoms with Crippen LogP contribution in [0, 0.1) is 12.0 Å². The van der Waals surface area contributed by atoms with Crippen molar-refractivity contribution >= 4 is 0 Å². The number of hydrogen-bond acceptors (Lipinski definition) is 1. The zero-order valence-electron chi connectivity index (χ0n) is 6.43. The summed E-state index contributed by atoms with van der Waals surface area (Å²) in [6.45, 7) is 2.15. The lowest BCUT2D eigenvalue weighted by molar-refractivity contribution is 0.516. The van der Waals surface area contributed by atoms with Crippen LogP contribution in [0.2, 0.25) is 0 Å². The SMILES string of the molecule is CCCC=CCCC#CO. The van der Waals surface area contributed by atoms with E-state index in [2.05, 4.69) is 25.0 Å². The van der Waals surface area contributed by atoms with Crippen molar-refractivity contribution in [1.82, 2.24) is 0 Å². The number of allylic oxidation sites excluding steroid dienone is 2. The molecule has 0 amide bonds. The van der Waals surface area contributed by atoms with Gasteiger partial charge in [0.2, 0.25) is 0 Å². The van der Waals surface area contributed by atoms with E-state index >= 15 is 0 Å². The normalized spacial score (nSPS) is 9.30. The van der Waals surface area contributed by atoms with E-state index in [1.807, 2.05) is 6.11 Å². The van der Waals surface area contributed by atoms with Crippen molar-refractivity contribution in [3.8, 4) is 12.0 Å². The molecule has 0 spiro atoms. The van der Waals surface area contributed by atoms with Crippen LogP contribution in [0.5, 0.6) is 0 Å². The van der Waals surface area contributed by atoms with Gasteiger partial charge in [0.05, 0.1) is 0 Å². The van der Waals surface area contributed by atoms with Gasteiger partial charge >= 0.3 is 0 Å². The minimum absolute atomic E-state index is 0.761. The molecule has 0 unspecified atom stereocenters. The molecule has 56 valence electrons. The van der Waals surface area contributed by atoms with Crippen LogP contribution >= 0.6 is 0 Å². The van der Waals surface area contributed by atoms with Crippen LogP contribution in [0.4, 0.5) is 0 Å². The minimum Gasteiger partial charge on any atom is -0.462 e. The zero-order chi connectivity index (χ0) is 7.66. The lowest BCUT2D eigenvalue weighted by Crippen LogP contribution is -1.66. The Morgan fingerprint density at radius 2 is 2.00 bits per heavy atom. The second-order valence-electron chi connectivity index (χ2n) is 2.09. The molecule has 0 radical (unpaired) electrons. The minimum atomic E-state index is 0.761. The standard InChI is InChI=1S/C9H14O/c1-2-3-4-5-6-7-8-9-10/h4-5,10H,2-3,6-7H2,1H3. The average molecular weight is 138 g/mol. The highest BCUT2D eigenvalue weighted by atomic mass is 16.2. The Labute approximate surface area is 62.8 Å². The number of aliphatic hydroxyl groups excluding tert-OH is 1. The fourth-order valence-electron chi connectivity index (χ4n) is 0.614. The molecule has 0 rings (SSSR count). The second kappa shape index (κ2) is 8.10. The second-order valence-corrected chi connectivity index (χ2v) is 2.09. The highest BCUT2D eigenvalue weighted by molar-refractivity contribution is 4.93. The molecule has 0 aromatic rings. The van der Waals surface area contributed by atoms with Gasteiger partial charge in [-0.25, -0.2) is 0 Å². The van der Waals surface area contributed by atoms with E-state index in [9.17, 15) is 0 Å². The van der Waals surface area contributed by atoms with Crippen molar-refractivity contribution in [2.45, 2.75) is 32.6 Å². The summed E-state index contributed by atoms with van der Waals surface area (Å²) in [6, 6.07) is 0. The van der Waals surface area contributed by atoms with E-state index in [0.717, 1.165) is 19.3 Å². The van der Waals surface area contributed by atoms with E-state index in [-0.39, 0.29) is 0 Å². The van der Waals surface area contributed by atoms with Gasteiger partial charge in [-0.2, -0.15) is 0 Å². The largest absolute Gasteiger partial charge is 0.462 e. The Morgan fingerprint density at radius 1 is 1.30 bits per heavy atom. The summed E-state index contributed by atoms with van der Waals surface area (Å²) in [4.78, 5) is 0. The number of unbranched alkanes of at least 4 members (excludes halogenated alkanes) is 2. The molecule has 0 aliphatic rings. The first kappa shape index (κ1) is 9.10. The summed E-state index contributed by atoms with van der Waals surface area (Å²) >= 11 is 0. The molecule has 0 aliphatic carbocycles. The van der Waals surface area contributed by atoms with E-state index < -0.39 is 0 Å². The summed E-state index contributed by atoms with van der Waals surface area (Å²) < 4.78 is 0. The van der Waals surface area contributed by atoms with Crippen LogP contribution in [0.1, 0.15) is 32.6 Å². The lowest BCUT2D eigenvalue weighted by Gasteiger charge is -1.83. The van der Waals surface area contributed by atoms with Crippen molar-refractivity contribution in [3.63, 3.8) is 0 Å². The summed E-state index contributed by atoms with van der Waals surface area (Å²) in [5.41, 5.74) is 0. The molecule has 0 saturated heterocycles. The van der Waals surface area contributed by atoms with Crippen LogP contribution in [-0.2, 0) is 0 Å². The summed E-state index contributed by atoms with van der Waals surface area (Å²) in [5.74, 6) is 2.58. The number of rotatable bonds is 4. The molecule has 0 atom stereocenters. The summed E-state index contributed by atoms with van der Waals surface area (Å²) in [6.07, 6.45) is 10.2. The lowest BCUT2D eigenvalue weighted by atomic mass is 10.2. The molecule has 0 bridgehead atoms. The third-order valence-corrected chi connectivity index (χ3v) is 1.14. The smallest absolute Gasteiger partial charge is 0.107 e. The van der Waals surface area contributed by atoms with E-state index in [1.54, 1.807) is 0 Å². The third kappa shape index (κ3) is 7.10. The third-order valence-electron chi connectivity index (χ3n) is 1.14. The predicted octanol–water partition coefficient (Wildman–Crippen LogP) is 2.46. The molecule has 0 heterocycles. The van der Waals surface area contributed by atoms with Gasteiger partial charge in [0, 0.05) is 6.42 Å². The molecular weight excluding hydrogens is 124 g/mol. The quantitative estimate of drug-likeness (QED) is 0.359. The van der Waals surface area contributed by atoms with Crippen molar-refractivity contribution < 1.29 is 5.11 Å². The fourth-order valence-corrected chi connectivity index (χ4v) is 0.614. The summed E-state index contributed by atoms with van der Waals surface area (Å²) in [7, 11) is 0. The van der Waals surface area contributed by atoms with Crippen molar-refractivity contribution in [3.05, 3.63) is 12.2 Å². The zero-order valence-corrected chi connectivity index (χ0v) is 6.43. The van der Waals surface area contributed by atoms with Crippen LogP contribution in [0.3, 0.4) is 0 Å². The van der Waals surface area contributed by atoms with Gasteiger partial charge in [-0.05, 0) is 12.8 Å². The fraction of sp³-hybridized carbons (Fsp3) is 0.556. The molecule has 10 heavy (non-hydrogen) atoms. The Morgan fingerprint density at radius 3 is 2.60 bits per heavy atom. The first-order valence-corrected chi connectivity index (χ1v) is 3.68. The monoisotopic (exact) mass is 138 g/mol. The molecule has 1 nitrogen and oxygen atoms in total. The Kier molecular flexibility index (Phi) is 7.37. The van der Waals surface area contributed by atoms with Gasteiger partial charge in [-0.1, -0.05) is 31.4 Å². The molecule has 0 saturated carbocycles. The van der Waals surface area contributed by atoms with Crippen LogP contribution in [-0.4, -0.2) is 5.11 Å². The molecule has 0 fully saturated rings. The molecular formula is C9H14O. The summed E-state index contributed by atoms with van der Waals surface area (Å²) in [5, 5.41) is 8.08. The van der Waals surface area contributed by atoms with Gasteiger partial charge in [-0.3, -0.25) is 0 Å². The first-order valence-electron chi connectivity index (χ1n) is 3.68. The van der Waals surface area contributed by atoms with Crippen molar-refractivity contribution in [2.75, 3.05) is 0 Å². The highest BCUT2D eigenvalue weighted by Crippen LogP contribution is 1.93. The van der Waals surface area contributed by atoms with Crippen LogP contribution in [0.15, 0.2) is 12.2 Å². The van der Waals surface area contributed by atoms with Gasteiger partial charge in [-0.15, -0.1) is 0 Å². The maximum absolute atomic E-state index is 8.08. The Bertz CT molecular complexity index is 137. The van der Waals surface area contributed by atoms with Gasteiger partial charge < -0.3 is 5.11 Å².